The van der Waals surface area contributed by atoms with E-state index in [1.54, 1.807) is 27.6 Å². The number of aromatic nitrogens is 3. The minimum absolute atomic E-state index is 0.0300. The number of amides is 3. The third-order valence-corrected chi connectivity index (χ3v) is 14.8. The molecule has 8 heterocycles. The van der Waals surface area contributed by atoms with E-state index in [2.05, 4.69) is 48.9 Å². The molecular formula is C45H54F2N12O4. The van der Waals surface area contributed by atoms with Crippen LogP contribution in [-0.2, 0) is 22.6 Å². The summed E-state index contributed by atoms with van der Waals surface area (Å²) in [6.07, 6.45) is 6.09. The molecule has 4 N–H and O–H groups in total. The van der Waals surface area contributed by atoms with Crippen LogP contribution in [0.4, 0.5) is 43.0 Å². The number of imidazole rings is 1. The van der Waals surface area contributed by atoms with Gasteiger partial charge in [-0.3, -0.25) is 29.5 Å². The van der Waals surface area contributed by atoms with Crippen LogP contribution in [0.25, 0.3) is 5.65 Å². The Kier molecular flexibility index (Phi) is 9.58. The summed E-state index contributed by atoms with van der Waals surface area (Å²) in [5.41, 5.74) is 7.55. The average molecular weight is 865 g/mol. The third-order valence-electron chi connectivity index (χ3n) is 14.8. The largest absolute Gasteiger partial charge is 0.385 e. The van der Waals surface area contributed by atoms with E-state index < -0.39 is 30.3 Å². The van der Waals surface area contributed by atoms with Gasteiger partial charge in [0.2, 0.25) is 18.2 Å². The first-order valence-corrected chi connectivity index (χ1v) is 22.4. The van der Waals surface area contributed by atoms with Crippen molar-refractivity contribution in [3.63, 3.8) is 0 Å². The molecule has 7 aliphatic rings. The molecule has 332 valence electrons. The van der Waals surface area contributed by atoms with Crippen LogP contribution in [0.5, 0.6) is 0 Å². The first-order valence-electron chi connectivity index (χ1n) is 22.4. The van der Waals surface area contributed by atoms with Gasteiger partial charge in [-0.2, -0.15) is 0 Å². The van der Waals surface area contributed by atoms with E-state index in [0.717, 1.165) is 84.8 Å². The van der Waals surface area contributed by atoms with Crippen LogP contribution in [0.2, 0.25) is 0 Å². The number of fused-ring (bicyclic) bond motifs is 3. The Morgan fingerprint density at radius 1 is 0.952 bits per heavy atom. The lowest BCUT2D eigenvalue weighted by atomic mass is 9.70. The molecule has 16 nitrogen and oxygen atoms in total. The fourth-order valence-electron chi connectivity index (χ4n) is 11.1. The van der Waals surface area contributed by atoms with Crippen molar-refractivity contribution in [2.75, 3.05) is 84.8 Å². The van der Waals surface area contributed by atoms with Crippen LogP contribution >= 0.6 is 0 Å². The maximum Gasteiger partial charge on any atom is 0.275 e. The lowest BCUT2D eigenvalue weighted by molar-refractivity contribution is -0.171. The number of rotatable bonds is 9. The van der Waals surface area contributed by atoms with Crippen molar-refractivity contribution in [3.05, 3.63) is 65.5 Å². The van der Waals surface area contributed by atoms with Crippen molar-refractivity contribution in [3.8, 4) is 0 Å². The number of halogens is 2. The van der Waals surface area contributed by atoms with Gasteiger partial charge in [0.25, 0.3) is 11.8 Å². The lowest BCUT2D eigenvalue weighted by Crippen LogP contribution is -2.68. The van der Waals surface area contributed by atoms with Crippen molar-refractivity contribution >= 4 is 57.6 Å². The van der Waals surface area contributed by atoms with E-state index >= 15 is 8.78 Å². The van der Waals surface area contributed by atoms with Crippen molar-refractivity contribution < 1.29 is 28.3 Å². The smallest absolute Gasteiger partial charge is 0.275 e. The quantitative estimate of drug-likeness (QED) is 0.182. The second-order valence-corrected chi connectivity index (χ2v) is 18.8. The highest BCUT2D eigenvalue weighted by atomic mass is 19.3. The molecule has 0 radical (unpaired) electrons. The maximum atomic E-state index is 16.2. The predicted molar refractivity (Wildman–Crippen MR) is 234 cm³/mol. The summed E-state index contributed by atoms with van der Waals surface area (Å²) in [4.78, 5) is 53.9. The highest BCUT2D eigenvalue weighted by Crippen LogP contribution is 2.48. The monoisotopic (exact) mass is 864 g/mol. The Labute approximate surface area is 364 Å². The molecule has 4 saturated heterocycles. The fourth-order valence-corrected chi connectivity index (χ4v) is 11.1. The highest BCUT2D eigenvalue weighted by Gasteiger charge is 2.55. The molecule has 18 heteroatoms. The van der Waals surface area contributed by atoms with Crippen molar-refractivity contribution in [1.82, 2.24) is 35.0 Å². The molecule has 11 rings (SSSR count). The molecule has 3 unspecified atom stereocenters. The van der Waals surface area contributed by atoms with Crippen LogP contribution in [0.1, 0.15) is 66.6 Å². The number of hydrogen-bond acceptors (Lipinski definition) is 13. The molecule has 1 saturated carbocycles. The average Bonchev–Trinajstić information content (AvgIpc) is 3.68. The van der Waals surface area contributed by atoms with E-state index in [1.807, 2.05) is 41.1 Å². The predicted octanol–water partition coefficient (Wildman–Crippen LogP) is 3.51. The van der Waals surface area contributed by atoms with Crippen molar-refractivity contribution in [2.45, 2.75) is 88.3 Å². The number of alkyl halides is 2. The third kappa shape index (κ3) is 6.91. The summed E-state index contributed by atoms with van der Waals surface area (Å²) in [6, 6.07) is 12.9. The minimum Gasteiger partial charge on any atom is -0.385 e. The number of imide groups is 1. The Morgan fingerprint density at radius 3 is 2.51 bits per heavy atom. The number of likely N-dealkylation sites (tertiary alicyclic amines) is 2. The minimum atomic E-state index is -2.84. The van der Waals surface area contributed by atoms with Crippen LogP contribution in [0, 0.1) is 5.41 Å². The number of carbonyl (C=O) groups excluding carboxylic acids is 3. The molecule has 5 fully saturated rings. The summed E-state index contributed by atoms with van der Waals surface area (Å²) in [7, 11) is 3.62. The van der Waals surface area contributed by atoms with Gasteiger partial charge in [-0.05, 0) is 85.8 Å². The summed E-state index contributed by atoms with van der Waals surface area (Å²) in [5.74, 6) is -3.04. The molecule has 0 bridgehead atoms. The molecule has 6 aliphatic heterocycles. The Hall–Kier alpha value is -5.59. The van der Waals surface area contributed by atoms with E-state index in [0.29, 0.717) is 62.7 Å². The molecule has 1 spiro atoms. The van der Waals surface area contributed by atoms with Crippen LogP contribution in [0.3, 0.4) is 0 Å². The van der Waals surface area contributed by atoms with Crippen molar-refractivity contribution in [2.24, 2.45) is 5.41 Å². The standard InChI is InChI=1S/C45H54F2N12O4/c1-48-31-21-38(52-59-36(22-49-40(31)59)42(62)50-28-6-7-28)57-17-12-30-27(4-3-5-32(30)57)23-54-16-13-37(45(46,47)26-54)56-24-44(25-56)14-18-55(19-15-44)29-8-9-33-35(20-29)53(2)43(63)58(33)34-10-11-39(60)51-41(34)61/h3-5,8-9,20-22,28,34,37,43,48,63H,6-7,10-19,23-26H2,1-2H3,(H,50,62)(H,51,60,61). The normalized spacial score (nSPS) is 25.6. The zero-order valence-electron chi connectivity index (χ0n) is 35.7. The van der Waals surface area contributed by atoms with Gasteiger partial charge in [0.05, 0.1) is 35.8 Å². The van der Waals surface area contributed by atoms with Crippen LogP contribution < -0.4 is 35.6 Å². The number of nitrogens with zero attached hydrogens (tertiary/aromatic N) is 9. The molecule has 2 aromatic heterocycles. The SMILES string of the molecule is CNc1cc(N2CCc3c(CN4CCC(N5CC6(CCN(c7ccc8c(c7)N(C)C(O)N8C7CCC(=O)NC7=O)CC6)C5)C(F)(F)C4)cccc32)nn2c(C(=O)NC3CC3)cnc12. The first kappa shape index (κ1) is 40.2. The number of aliphatic hydroxyl groups excluding tert-OH is 1. The van der Waals surface area contributed by atoms with Gasteiger partial charge >= 0.3 is 0 Å². The zero-order valence-corrected chi connectivity index (χ0v) is 35.7. The van der Waals surface area contributed by atoms with E-state index in [9.17, 15) is 19.5 Å². The van der Waals surface area contributed by atoms with Gasteiger partial charge < -0.3 is 35.3 Å². The van der Waals surface area contributed by atoms with Gasteiger partial charge in [-0.1, -0.05) is 12.1 Å². The van der Waals surface area contributed by atoms with Crippen molar-refractivity contribution in [1.29, 1.82) is 0 Å². The zero-order chi connectivity index (χ0) is 43.4. The molecule has 2 aromatic carbocycles. The van der Waals surface area contributed by atoms with Gasteiger partial charge in [0.15, 0.2) is 17.2 Å². The molecule has 3 atom stereocenters. The van der Waals surface area contributed by atoms with Gasteiger partial charge in [0, 0.05) is 89.8 Å². The molecule has 4 aromatic rings. The second-order valence-electron chi connectivity index (χ2n) is 18.8. The Bertz CT molecular complexity index is 2500. The van der Waals surface area contributed by atoms with E-state index in [1.165, 1.54) is 0 Å². The maximum absolute atomic E-state index is 16.2. The number of anilines is 6. The molecular weight excluding hydrogens is 811 g/mol. The summed E-state index contributed by atoms with van der Waals surface area (Å²) in [5, 5.41) is 24.7. The highest BCUT2D eigenvalue weighted by molar-refractivity contribution is 6.02. The second kappa shape index (κ2) is 15.0. The van der Waals surface area contributed by atoms with Gasteiger partial charge in [0.1, 0.15) is 6.04 Å². The topological polar surface area (TPSA) is 157 Å². The summed E-state index contributed by atoms with van der Waals surface area (Å²) >= 11 is 0. The molecule has 63 heavy (non-hydrogen) atoms. The Balaban J connectivity index is 0.711. The summed E-state index contributed by atoms with van der Waals surface area (Å²) in [6.45, 7) is 4.45. The number of nitrogens with one attached hydrogen (secondary N) is 3. The van der Waals surface area contributed by atoms with Gasteiger partial charge in [-0.25, -0.2) is 18.3 Å². The molecule has 1 aliphatic carbocycles. The summed E-state index contributed by atoms with van der Waals surface area (Å²) < 4.78 is 33.9. The number of aliphatic hydroxyl groups is 1. The lowest BCUT2D eigenvalue weighted by Gasteiger charge is -2.58. The fraction of sp³-hybridized carbons (Fsp3) is 0.533. The van der Waals surface area contributed by atoms with Crippen LogP contribution in [-0.4, -0.2) is 138 Å². The van der Waals surface area contributed by atoms with E-state index in [4.69, 9.17) is 5.10 Å². The number of piperidine rings is 3. The number of hydrogen-bond donors (Lipinski definition) is 4. The Morgan fingerprint density at radius 2 is 1.76 bits per heavy atom. The van der Waals surface area contributed by atoms with Gasteiger partial charge in [-0.15, -0.1) is 5.10 Å². The van der Waals surface area contributed by atoms with Crippen LogP contribution in [0.15, 0.2) is 48.7 Å². The first-order chi connectivity index (χ1) is 30.4. The number of benzene rings is 2. The number of carbonyl (C=O) groups is 3. The van der Waals surface area contributed by atoms with E-state index in [-0.39, 0.29) is 36.2 Å². The molecule has 3 amide bonds.